The number of rotatable bonds is 6. The highest BCUT2D eigenvalue weighted by Gasteiger charge is 2.06. The normalized spacial score (nSPS) is 10.6. The van der Waals surface area contributed by atoms with Crippen molar-refractivity contribution in [3.8, 4) is 0 Å². The lowest BCUT2D eigenvalue weighted by Gasteiger charge is -2.05. The molecule has 0 saturated heterocycles. The van der Waals surface area contributed by atoms with Gasteiger partial charge in [-0.1, -0.05) is 17.7 Å². The lowest BCUT2D eigenvalue weighted by Crippen LogP contribution is -2.20. The summed E-state index contributed by atoms with van der Waals surface area (Å²) in [6.07, 6.45) is 3.06. The number of amides is 2. The number of nitrogens with one attached hydrogen (secondary N) is 2. The number of aryl methyl sites for hydroxylation is 1. The van der Waals surface area contributed by atoms with Crippen LogP contribution in [0.3, 0.4) is 0 Å². The summed E-state index contributed by atoms with van der Waals surface area (Å²) in [7, 11) is 0. The molecular weight excluding hydrogens is 282 g/mol. The highest BCUT2D eigenvalue weighted by atomic mass is 16.3. The smallest absolute Gasteiger partial charge is 0.240 e. The van der Waals surface area contributed by atoms with Crippen LogP contribution in [0.25, 0.3) is 0 Å². The van der Waals surface area contributed by atoms with E-state index in [0.29, 0.717) is 11.4 Å². The largest absolute Gasteiger partial charge is 0.463 e. The Bertz CT molecular complexity index is 646. The van der Waals surface area contributed by atoms with Gasteiger partial charge in [-0.05, 0) is 31.2 Å². The molecule has 0 aliphatic heterocycles. The van der Waals surface area contributed by atoms with Gasteiger partial charge in [0.2, 0.25) is 11.8 Å². The number of hydrogen-bond donors (Lipinski definition) is 2. The van der Waals surface area contributed by atoms with Crippen LogP contribution < -0.4 is 10.7 Å². The van der Waals surface area contributed by atoms with E-state index in [1.54, 1.807) is 12.1 Å². The summed E-state index contributed by atoms with van der Waals surface area (Å²) in [5.74, 6) is -0.00621. The Balaban J connectivity index is 1.69. The van der Waals surface area contributed by atoms with Crippen LogP contribution in [0.2, 0.25) is 0 Å². The summed E-state index contributed by atoms with van der Waals surface area (Å²) < 4.78 is 5.02. The zero-order chi connectivity index (χ0) is 15.8. The molecule has 1 aromatic heterocycles. The van der Waals surface area contributed by atoms with Gasteiger partial charge in [0.05, 0.1) is 12.5 Å². The van der Waals surface area contributed by atoms with Gasteiger partial charge >= 0.3 is 0 Å². The second-order valence-electron chi connectivity index (χ2n) is 4.72. The van der Waals surface area contributed by atoms with E-state index in [1.165, 1.54) is 12.5 Å². The Kier molecular flexibility index (Phi) is 5.48. The zero-order valence-corrected chi connectivity index (χ0v) is 12.2. The first-order valence-electron chi connectivity index (χ1n) is 6.85. The van der Waals surface area contributed by atoms with Crippen LogP contribution in [0.5, 0.6) is 0 Å². The molecule has 0 radical (unpaired) electrons. The Morgan fingerprint density at radius 3 is 2.55 bits per heavy atom. The molecule has 0 saturated carbocycles. The van der Waals surface area contributed by atoms with Crippen molar-refractivity contribution in [3.63, 3.8) is 0 Å². The maximum atomic E-state index is 11.7. The Morgan fingerprint density at radius 2 is 1.86 bits per heavy atom. The quantitative estimate of drug-likeness (QED) is 0.635. The Hall–Kier alpha value is -2.89. The van der Waals surface area contributed by atoms with Gasteiger partial charge in [-0.25, -0.2) is 5.43 Å². The Labute approximate surface area is 128 Å². The van der Waals surface area contributed by atoms with Crippen LogP contribution in [0.4, 0.5) is 5.69 Å². The summed E-state index contributed by atoms with van der Waals surface area (Å²) in [6, 6.07) is 10.9. The standard InChI is InChI=1S/C16H17N3O3/c1-12-4-6-13(7-5-12)18-15(20)8-9-16(21)19-17-11-14-3-2-10-22-14/h2-7,10-11H,8-9H2,1H3,(H,18,20)(H,19,21)/b17-11-. The fraction of sp³-hybridized carbons (Fsp3) is 0.188. The fourth-order valence-electron chi connectivity index (χ4n) is 1.68. The number of hydrogen-bond acceptors (Lipinski definition) is 4. The molecule has 2 amide bonds. The second kappa shape index (κ2) is 7.78. The first kappa shape index (κ1) is 15.5. The third-order valence-electron chi connectivity index (χ3n) is 2.84. The predicted octanol–water partition coefficient (Wildman–Crippen LogP) is 2.46. The van der Waals surface area contributed by atoms with Gasteiger partial charge in [-0.2, -0.15) is 5.10 Å². The van der Waals surface area contributed by atoms with Gasteiger partial charge < -0.3 is 9.73 Å². The summed E-state index contributed by atoms with van der Waals surface area (Å²) in [5.41, 5.74) is 4.17. The van der Waals surface area contributed by atoms with Crippen LogP contribution in [0, 0.1) is 6.92 Å². The van der Waals surface area contributed by atoms with Gasteiger partial charge in [0.1, 0.15) is 5.76 Å². The van der Waals surface area contributed by atoms with Gasteiger partial charge in [0, 0.05) is 18.5 Å². The van der Waals surface area contributed by atoms with E-state index in [0.717, 1.165) is 5.56 Å². The van der Waals surface area contributed by atoms with E-state index >= 15 is 0 Å². The number of carbonyl (C=O) groups excluding carboxylic acids is 2. The van der Waals surface area contributed by atoms with E-state index in [4.69, 9.17) is 4.42 Å². The van der Waals surface area contributed by atoms with Gasteiger partial charge in [0.15, 0.2) is 0 Å². The molecular formula is C16H17N3O3. The molecule has 0 fully saturated rings. The van der Waals surface area contributed by atoms with Gasteiger partial charge in [-0.3, -0.25) is 9.59 Å². The SMILES string of the molecule is Cc1ccc(NC(=O)CCC(=O)N/N=C\c2ccco2)cc1. The summed E-state index contributed by atoms with van der Waals surface area (Å²) in [4.78, 5) is 23.3. The van der Waals surface area contributed by atoms with Crippen molar-refractivity contribution >= 4 is 23.7 Å². The minimum Gasteiger partial charge on any atom is -0.463 e. The van der Waals surface area contributed by atoms with Crippen molar-refractivity contribution in [2.24, 2.45) is 5.10 Å². The molecule has 0 spiro atoms. The molecule has 1 heterocycles. The van der Waals surface area contributed by atoms with Crippen molar-refractivity contribution in [2.45, 2.75) is 19.8 Å². The van der Waals surface area contributed by atoms with Crippen LogP contribution >= 0.6 is 0 Å². The molecule has 6 heteroatoms. The van der Waals surface area contributed by atoms with Crippen molar-refractivity contribution in [2.75, 3.05) is 5.32 Å². The van der Waals surface area contributed by atoms with Crippen LogP contribution in [-0.2, 0) is 9.59 Å². The lowest BCUT2D eigenvalue weighted by molar-refractivity contribution is -0.124. The molecule has 0 atom stereocenters. The van der Waals surface area contributed by atoms with Crippen molar-refractivity contribution < 1.29 is 14.0 Å². The molecule has 1 aromatic carbocycles. The van der Waals surface area contributed by atoms with Crippen molar-refractivity contribution in [1.29, 1.82) is 0 Å². The molecule has 2 rings (SSSR count). The number of nitrogens with zero attached hydrogens (tertiary/aromatic N) is 1. The monoisotopic (exact) mass is 299 g/mol. The number of benzene rings is 1. The average Bonchev–Trinajstić information content (AvgIpc) is 3.01. The second-order valence-corrected chi connectivity index (χ2v) is 4.72. The predicted molar refractivity (Wildman–Crippen MR) is 83.5 cm³/mol. The molecule has 2 N–H and O–H groups in total. The first-order valence-corrected chi connectivity index (χ1v) is 6.85. The molecule has 2 aromatic rings. The third kappa shape index (κ3) is 5.24. The van der Waals surface area contributed by atoms with E-state index < -0.39 is 0 Å². The van der Waals surface area contributed by atoms with E-state index in [1.807, 2.05) is 31.2 Å². The minimum atomic E-state index is -0.332. The molecule has 0 bridgehead atoms. The Morgan fingerprint density at radius 1 is 1.14 bits per heavy atom. The summed E-state index contributed by atoms with van der Waals surface area (Å²) in [5, 5.41) is 6.47. The van der Waals surface area contributed by atoms with Gasteiger partial charge in [-0.15, -0.1) is 0 Å². The van der Waals surface area contributed by atoms with Crippen LogP contribution in [0.1, 0.15) is 24.2 Å². The van der Waals surface area contributed by atoms with E-state index in [-0.39, 0.29) is 24.7 Å². The minimum absolute atomic E-state index is 0.0627. The molecule has 0 aliphatic carbocycles. The molecule has 0 aliphatic rings. The van der Waals surface area contributed by atoms with Crippen molar-refractivity contribution in [1.82, 2.24) is 5.43 Å². The van der Waals surface area contributed by atoms with Crippen molar-refractivity contribution in [3.05, 3.63) is 54.0 Å². The maximum absolute atomic E-state index is 11.7. The maximum Gasteiger partial charge on any atom is 0.240 e. The number of carbonyl (C=O) groups is 2. The highest BCUT2D eigenvalue weighted by molar-refractivity contribution is 5.93. The zero-order valence-electron chi connectivity index (χ0n) is 12.2. The fourth-order valence-corrected chi connectivity index (χ4v) is 1.68. The number of furan rings is 1. The third-order valence-corrected chi connectivity index (χ3v) is 2.84. The summed E-state index contributed by atoms with van der Waals surface area (Å²) >= 11 is 0. The average molecular weight is 299 g/mol. The number of anilines is 1. The van der Waals surface area contributed by atoms with E-state index in [9.17, 15) is 9.59 Å². The molecule has 114 valence electrons. The number of hydrazone groups is 1. The highest BCUT2D eigenvalue weighted by Crippen LogP contribution is 2.09. The molecule has 6 nitrogen and oxygen atoms in total. The molecule has 22 heavy (non-hydrogen) atoms. The lowest BCUT2D eigenvalue weighted by atomic mass is 10.2. The first-order chi connectivity index (χ1) is 10.6. The van der Waals surface area contributed by atoms with Crippen LogP contribution in [-0.4, -0.2) is 18.0 Å². The molecule has 0 unspecified atom stereocenters. The van der Waals surface area contributed by atoms with Crippen LogP contribution in [0.15, 0.2) is 52.2 Å². The van der Waals surface area contributed by atoms with E-state index in [2.05, 4.69) is 15.8 Å². The summed E-state index contributed by atoms with van der Waals surface area (Å²) in [6.45, 7) is 1.97. The van der Waals surface area contributed by atoms with Gasteiger partial charge in [0.25, 0.3) is 0 Å². The topological polar surface area (TPSA) is 83.7 Å².